The smallest absolute Gasteiger partial charge is 0.360 e. The third kappa shape index (κ3) is 5.59. The van der Waals surface area contributed by atoms with Crippen molar-refractivity contribution in [1.29, 1.82) is 0 Å². The molecule has 1 heterocycles. The quantitative estimate of drug-likeness (QED) is 0.709. The zero-order valence-corrected chi connectivity index (χ0v) is 14.1. The van der Waals surface area contributed by atoms with Crippen LogP contribution in [-0.2, 0) is 15.8 Å². The number of anilines is 2. The summed E-state index contributed by atoms with van der Waals surface area (Å²) >= 11 is 0. The van der Waals surface area contributed by atoms with Crippen LogP contribution in [0.25, 0.3) is 0 Å². The Morgan fingerprint density at radius 3 is 2.35 bits per heavy atom. The molecular formula is C16H18F3N4O3+. The summed E-state index contributed by atoms with van der Waals surface area (Å²) in [6.45, 7) is 1.42. The number of nitrogens with zero attached hydrogens (tertiary/aromatic N) is 1. The van der Waals surface area contributed by atoms with E-state index in [0.29, 0.717) is 10.7 Å². The fourth-order valence-electron chi connectivity index (χ4n) is 2.26. The molecule has 0 aliphatic carbocycles. The average molecular weight is 371 g/mol. The van der Waals surface area contributed by atoms with Crippen molar-refractivity contribution in [3.8, 4) is 0 Å². The SMILES string of the molecule is Cc1cc(NC(=O)C[NH+](C)CC(=O)Nc2ccccc2C(F)(F)F)no1. The van der Waals surface area contributed by atoms with Gasteiger partial charge in [0.2, 0.25) is 0 Å². The molecular weight excluding hydrogens is 353 g/mol. The lowest BCUT2D eigenvalue weighted by Gasteiger charge is -2.15. The summed E-state index contributed by atoms with van der Waals surface area (Å²) in [6.07, 6.45) is -4.57. The largest absolute Gasteiger partial charge is 0.418 e. The number of rotatable bonds is 6. The van der Waals surface area contributed by atoms with E-state index in [1.807, 2.05) is 0 Å². The molecule has 0 fully saturated rings. The highest BCUT2D eigenvalue weighted by molar-refractivity contribution is 5.93. The average Bonchev–Trinajstić information content (AvgIpc) is 2.91. The normalized spacial score (nSPS) is 12.5. The number of halogens is 3. The Kier molecular flexibility index (Phi) is 5.98. The van der Waals surface area contributed by atoms with Gasteiger partial charge >= 0.3 is 6.18 Å². The maximum atomic E-state index is 12.9. The minimum absolute atomic E-state index is 0.0692. The van der Waals surface area contributed by atoms with Crippen molar-refractivity contribution >= 4 is 23.3 Å². The van der Waals surface area contributed by atoms with Crippen LogP contribution >= 0.6 is 0 Å². The first-order chi connectivity index (χ1) is 12.1. The van der Waals surface area contributed by atoms with Crippen molar-refractivity contribution in [2.75, 3.05) is 30.8 Å². The van der Waals surface area contributed by atoms with Crippen LogP contribution in [0, 0.1) is 6.92 Å². The Balaban J connectivity index is 1.88. The number of amides is 2. The Morgan fingerprint density at radius 2 is 1.77 bits per heavy atom. The lowest BCUT2D eigenvalue weighted by molar-refractivity contribution is -0.862. The predicted molar refractivity (Wildman–Crippen MR) is 86.6 cm³/mol. The predicted octanol–water partition coefficient (Wildman–Crippen LogP) is 1.09. The highest BCUT2D eigenvalue weighted by Crippen LogP contribution is 2.34. The molecule has 0 saturated carbocycles. The van der Waals surface area contributed by atoms with Gasteiger partial charge in [-0.25, -0.2) is 0 Å². The fraction of sp³-hybridized carbons (Fsp3) is 0.312. The first-order valence-corrected chi connectivity index (χ1v) is 7.65. The van der Waals surface area contributed by atoms with Crippen molar-refractivity contribution in [1.82, 2.24) is 5.16 Å². The Labute approximate surface area is 147 Å². The molecule has 1 unspecified atom stereocenters. The summed E-state index contributed by atoms with van der Waals surface area (Å²) in [5.41, 5.74) is -1.24. The Hall–Kier alpha value is -2.88. The maximum absolute atomic E-state index is 12.9. The first-order valence-electron chi connectivity index (χ1n) is 7.65. The van der Waals surface area contributed by atoms with Crippen molar-refractivity contribution in [3.63, 3.8) is 0 Å². The summed E-state index contributed by atoms with van der Waals surface area (Å²) < 4.78 is 43.6. The van der Waals surface area contributed by atoms with Crippen LogP contribution in [0.5, 0.6) is 0 Å². The van der Waals surface area contributed by atoms with Gasteiger partial charge in [0.1, 0.15) is 5.76 Å². The number of nitrogens with one attached hydrogen (secondary N) is 3. The van der Waals surface area contributed by atoms with Crippen LogP contribution in [-0.4, -0.2) is 37.1 Å². The second-order valence-corrected chi connectivity index (χ2v) is 5.77. The highest BCUT2D eigenvalue weighted by atomic mass is 19.4. The van der Waals surface area contributed by atoms with Gasteiger partial charge in [0.05, 0.1) is 18.3 Å². The molecule has 10 heteroatoms. The minimum atomic E-state index is -4.57. The van der Waals surface area contributed by atoms with Gasteiger partial charge in [0, 0.05) is 6.07 Å². The summed E-state index contributed by atoms with van der Waals surface area (Å²) in [5.74, 6) is -0.254. The minimum Gasteiger partial charge on any atom is -0.360 e. The van der Waals surface area contributed by atoms with Crippen LogP contribution in [0.2, 0.25) is 0 Å². The zero-order valence-electron chi connectivity index (χ0n) is 14.1. The van der Waals surface area contributed by atoms with Crippen LogP contribution in [0.4, 0.5) is 24.7 Å². The lowest BCUT2D eigenvalue weighted by Crippen LogP contribution is -3.11. The second-order valence-electron chi connectivity index (χ2n) is 5.77. The number of quaternary nitrogens is 1. The summed E-state index contributed by atoms with van der Waals surface area (Å²) in [7, 11) is 1.57. The summed E-state index contributed by atoms with van der Waals surface area (Å²) in [5, 5.41) is 8.35. The number of aromatic nitrogens is 1. The number of alkyl halides is 3. The zero-order chi connectivity index (χ0) is 19.3. The molecule has 0 spiro atoms. The van der Waals surface area contributed by atoms with Crippen molar-refractivity contribution in [3.05, 3.63) is 41.7 Å². The molecule has 0 radical (unpaired) electrons. The van der Waals surface area contributed by atoms with Crippen LogP contribution in [0.1, 0.15) is 11.3 Å². The number of hydrogen-bond donors (Lipinski definition) is 3. The van der Waals surface area contributed by atoms with E-state index in [1.165, 1.54) is 24.3 Å². The summed E-state index contributed by atoms with van der Waals surface area (Å²) in [4.78, 5) is 24.3. The Morgan fingerprint density at radius 1 is 1.15 bits per heavy atom. The van der Waals surface area contributed by atoms with E-state index >= 15 is 0 Å². The maximum Gasteiger partial charge on any atom is 0.418 e. The van der Waals surface area contributed by atoms with E-state index < -0.39 is 23.6 Å². The number of benzene rings is 1. The third-order valence-electron chi connectivity index (χ3n) is 3.33. The van der Waals surface area contributed by atoms with Gasteiger partial charge in [0.15, 0.2) is 18.9 Å². The van der Waals surface area contributed by atoms with Crippen LogP contribution in [0.3, 0.4) is 0 Å². The van der Waals surface area contributed by atoms with Gasteiger partial charge in [-0.05, 0) is 19.1 Å². The summed E-state index contributed by atoms with van der Waals surface area (Å²) in [6, 6.07) is 6.24. The standard InChI is InChI=1S/C16H17F3N4O3/c1-10-7-13(22-26-10)21-15(25)9-23(2)8-14(24)20-12-6-4-3-5-11(12)16(17,18)19/h3-7H,8-9H2,1-2H3,(H,20,24)(H,21,22,25)/p+1. The van der Waals surface area contributed by atoms with E-state index in [9.17, 15) is 22.8 Å². The molecule has 26 heavy (non-hydrogen) atoms. The molecule has 2 rings (SSSR count). The molecule has 1 aromatic carbocycles. The second kappa shape index (κ2) is 8.00. The van der Waals surface area contributed by atoms with Gasteiger partial charge in [0.25, 0.3) is 11.8 Å². The molecule has 0 saturated heterocycles. The number of carbonyl (C=O) groups excluding carboxylic acids is 2. The van der Waals surface area contributed by atoms with E-state index in [2.05, 4.69) is 15.8 Å². The number of aryl methyl sites for hydroxylation is 1. The molecule has 0 bridgehead atoms. The molecule has 1 aromatic heterocycles. The van der Waals surface area contributed by atoms with Gasteiger partial charge < -0.3 is 20.1 Å². The van der Waals surface area contributed by atoms with Crippen molar-refractivity contribution in [2.45, 2.75) is 13.1 Å². The van der Waals surface area contributed by atoms with E-state index in [0.717, 1.165) is 6.07 Å². The number of likely N-dealkylation sites (N-methyl/N-ethyl adjacent to an activating group) is 1. The van der Waals surface area contributed by atoms with E-state index in [4.69, 9.17) is 4.52 Å². The monoisotopic (exact) mass is 371 g/mol. The number of para-hydroxylation sites is 1. The highest BCUT2D eigenvalue weighted by Gasteiger charge is 2.33. The molecule has 0 aliphatic heterocycles. The molecule has 7 nitrogen and oxygen atoms in total. The van der Waals surface area contributed by atoms with Gasteiger partial charge in [-0.1, -0.05) is 17.3 Å². The molecule has 0 aliphatic rings. The van der Waals surface area contributed by atoms with Crippen molar-refractivity contribution < 1.29 is 32.2 Å². The third-order valence-corrected chi connectivity index (χ3v) is 3.33. The molecule has 2 amide bonds. The van der Waals surface area contributed by atoms with E-state index in [1.54, 1.807) is 14.0 Å². The Bertz CT molecular complexity index is 789. The first kappa shape index (κ1) is 19.4. The number of carbonyl (C=O) groups is 2. The number of hydrogen-bond acceptors (Lipinski definition) is 4. The molecule has 3 N–H and O–H groups in total. The lowest BCUT2D eigenvalue weighted by atomic mass is 10.1. The van der Waals surface area contributed by atoms with Gasteiger partial charge in [-0.15, -0.1) is 0 Å². The van der Waals surface area contributed by atoms with Gasteiger partial charge in [-0.2, -0.15) is 13.2 Å². The van der Waals surface area contributed by atoms with E-state index in [-0.39, 0.29) is 24.6 Å². The molecule has 140 valence electrons. The van der Waals surface area contributed by atoms with Crippen molar-refractivity contribution in [2.24, 2.45) is 0 Å². The van der Waals surface area contributed by atoms with Gasteiger partial charge in [-0.3, -0.25) is 9.59 Å². The van der Waals surface area contributed by atoms with Crippen LogP contribution in [0.15, 0.2) is 34.9 Å². The molecule has 1 atom stereocenters. The van der Waals surface area contributed by atoms with Crippen LogP contribution < -0.4 is 15.5 Å². The molecule has 2 aromatic rings. The topological polar surface area (TPSA) is 88.7 Å². The fourth-order valence-corrected chi connectivity index (χ4v) is 2.26.